The average molecular weight is 276 g/mol. The van der Waals surface area contributed by atoms with E-state index in [1.165, 1.54) is 0 Å². The van der Waals surface area contributed by atoms with Gasteiger partial charge >= 0.3 is 0 Å². The van der Waals surface area contributed by atoms with Crippen LogP contribution in [0.2, 0.25) is 0 Å². The van der Waals surface area contributed by atoms with E-state index in [9.17, 15) is 8.42 Å². The number of rotatable bonds is 7. The molecule has 1 rings (SSSR count). The van der Waals surface area contributed by atoms with Crippen LogP contribution in [0.15, 0.2) is 0 Å². The van der Waals surface area contributed by atoms with Crippen molar-refractivity contribution in [3.8, 4) is 0 Å². The van der Waals surface area contributed by atoms with E-state index in [1.54, 1.807) is 0 Å². The summed E-state index contributed by atoms with van der Waals surface area (Å²) < 4.78 is 26.8. The van der Waals surface area contributed by atoms with Crippen LogP contribution >= 0.6 is 0 Å². The summed E-state index contributed by atoms with van der Waals surface area (Å²) in [5.41, 5.74) is 0. The maximum atomic E-state index is 12.0. The van der Waals surface area contributed by atoms with Gasteiger partial charge in [0.1, 0.15) is 0 Å². The van der Waals surface area contributed by atoms with Gasteiger partial charge in [-0.3, -0.25) is 0 Å². The highest BCUT2D eigenvalue weighted by Gasteiger charge is 2.28. The lowest BCUT2D eigenvalue weighted by atomic mass is 9.80. The minimum atomic E-state index is -3.10. The van der Waals surface area contributed by atoms with Crippen LogP contribution in [0.3, 0.4) is 0 Å². The Hall–Kier alpha value is -0.130. The van der Waals surface area contributed by atoms with Crippen molar-refractivity contribution in [2.24, 2.45) is 11.8 Å². The van der Waals surface area contributed by atoms with Gasteiger partial charge in [-0.1, -0.05) is 20.8 Å². The normalized spacial score (nSPS) is 29.4. The topological polar surface area (TPSA) is 58.2 Å². The zero-order valence-corrected chi connectivity index (χ0v) is 12.7. The standard InChI is InChI=1S/C13H28N2O2S/c1-4-14-8-5-9-18(16,17)15-13-7-6-11(2)10-12(13)3/h11-15H,4-10H2,1-3H3. The van der Waals surface area contributed by atoms with Crippen molar-refractivity contribution in [2.45, 2.75) is 52.5 Å². The van der Waals surface area contributed by atoms with Crippen molar-refractivity contribution in [1.82, 2.24) is 10.0 Å². The molecule has 0 aromatic rings. The maximum absolute atomic E-state index is 12.0. The average Bonchev–Trinajstić information content (AvgIpc) is 2.28. The SMILES string of the molecule is CCNCCCS(=O)(=O)NC1CCC(C)CC1C. The fourth-order valence-corrected chi connectivity index (χ4v) is 4.15. The van der Waals surface area contributed by atoms with E-state index >= 15 is 0 Å². The second kappa shape index (κ2) is 7.46. The summed E-state index contributed by atoms with van der Waals surface area (Å²) in [5.74, 6) is 1.42. The highest BCUT2D eigenvalue weighted by atomic mass is 32.2. The summed E-state index contributed by atoms with van der Waals surface area (Å²) in [4.78, 5) is 0. The Balaban J connectivity index is 2.35. The van der Waals surface area contributed by atoms with Gasteiger partial charge in [-0.25, -0.2) is 13.1 Å². The molecule has 18 heavy (non-hydrogen) atoms. The number of hydrogen-bond donors (Lipinski definition) is 2. The van der Waals surface area contributed by atoms with Crippen molar-refractivity contribution in [3.63, 3.8) is 0 Å². The van der Waals surface area contributed by atoms with Crippen LogP contribution in [0.25, 0.3) is 0 Å². The zero-order chi connectivity index (χ0) is 13.6. The Bertz CT molecular complexity index is 330. The first-order valence-corrected chi connectivity index (χ1v) is 8.80. The van der Waals surface area contributed by atoms with Gasteiger partial charge in [-0.15, -0.1) is 0 Å². The quantitative estimate of drug-likeness (QED) is 0.696. The van der Waals surface area contributed by atoms with E-state index in [-0.39, 0.29) is 11.8 Å². The van der Waals surface area contributed by atoms with Gasteiger partial charge in [-0.2, -0.15) is 0 Å². The lowest BCUT2D eigenvalue weighted by Gasteiger charge is -2.32. The predicted octanol–water partition coefficient (Wildman–Crippen LogP) is 1.73. The number of nitrogens with one attached hydrogen (secondary N) is 2. The van der Waals surface area contributed by atoms with E-state index in [0.29, 0.717) is 12.3 Å². The Kier molecular flexibility index (Phi) is 6.60. The summed E-state index contributed by atoms with van der Waals surface area (Å²) in [7, 11) is -3.10. The van der Waals surface area contributed by atoms with Crippen molar-refractivity contribution in [1.29, 1.82) is 0 Å². The van der Waals surface area contributed by atoms with Crippen LogP contribution in [0.4, 0.5) is 0 Å². The summed E-state index contributed by atoms with van der Waals surface area (Å²) in [6.07, 6.45) is 3.93. The van der Waals surface area contributed by atoms with Gasteiger partial charge in [-0.05, 0) is 50.6 Å². The van der Waals surface area contributed by atoms with E-state index in [2.05, 4.69) is 23.9 Å². The zero-order valence-electron chi connectivity index (χ0n) is 11.9. The Morgan fingerprint density at radius 2 is 1.94 bits per heavy atom. The second-order valence-corrected chi connectivity index (χ2v) is 7.52. The summed E-state index contributed by atoms with van der Waals surface area (Å²) in [6.45, 7) is 8.09. The molecule has 0 radical (unpaired) electrons. The maximum Gasteiger partial charge on any atom is 0.211 e. The minimum absolute atomic E-state index is 0.144. The third-order valence-corrected chi connectivity index (χ3v) is 5.27. The molecule has 2 N–H and O–H groups in total. The smallest absolute Gasteiger partial charge is 0.211 e. The van der Waals surface area contributed by atoms with Crippen molar-refractivity contribution >= 4 is 10.0 Å². The van der Waals surface area contributed by atoms with E-state index in [1.807, 2.05) is 6.92 Å². The van der Waals surface area contributed by atoms with E-state index in [0.717, 1.165) is 38.3 Å². The van der Waals surface area contributed by atoms with Crippen LogP contribution in [0, 0.1) is 11.8 Å². The molecule has 1 aliphatic carbocycles. The highest BCUT2D eigenvalue weighted by Crippen LogP contribution is 2.28. The number of sulfonamides is 1. The Morgan fingerprint density at radius 3 is 2.56 bits per heavy atom. The summed E-state index contributed by atoms with van der Waals surface area (Å²) >= 11 is 0. The van der Waals surface area contributed by atoms with Crippen molar-refractivity contribution in [3.05, 3.63) is 0 Å². The molecule has 1 fully saturated rings. The highest BCUT2D eigenvalue weighted by molar-refractivity contribution is 7.89. The van der Waals surface area contributed by atoms with Crippen LogP contribution in [0.5, 0.6) is 0 Å². The fourth-order valence-electron chi connectivity index (χ4n) is 2.69. The van der Waals surface area contributed by atoms with Crippen LogP contribution in [0.1, 0.15) is 46.5 Å². The van der Waals surface area contributed by atoms with Gasteiger partial charge in [0.05, 0.1) is 5.75 Å². The van der Waals surface area contributed by atoms with Gasteiger partial charge < -0.3 is 5.32 Å². The number of hydrogen-bond acceptors (Lipinski definition) is 3. The molecule has 0 saturated heterocycles. The largest absolute Gasteiger partial charge is 0.317 e. The monoisotopic (exact) mass is 276 g/mol. The molecular weight excluding hydrogens is 248 g/mol. The second-order valence-electron chi connectivity index (χ2n) is 5.65. The molecule has 0 heterocycles. The van der Waals surface area contributed by atoms with E-state index in [4.69, 9.17) is 0 Å². The molecule has 0 aromatic heterocycles. The molecule has 3 atom stereocenters. The minimum Gasteiger partial charge on any atom is -0.317 e. The molecule has 0 amide bonds. The molecule has 0 bridgehead atoms. The first kappa shape index (κ1) is 15.9. The summed E-state index contributed by atoms with van der Waals surface area (Å²) in [6, 6.07) is 0.144. The molecular formula is C13H28N2O2S. The third-order valence-electron chi connectivity index (χ3n) is 3.78. The Labute approximate surface area is 112 Å². The van der Waals surface area contributed by atoms with Gasteiger partial charge in [0, 0.05) is 6.04 Å². The molecule has 3 unspecified atom stereocenters. The van der Waals surface area contributed by atoms with Crippen molar-refractivity contribution < 1.29 is 8.42 Å². The lowest BCUT2D eigenvalue weighted by molar-refractivity contribution is 0.249. The molecule has 0 spiro atoms. The fraction of sp³-hybridized carbons (Fsp3) is 1.00. The molecule has 5 heteroatoms. The third kappa shape index (κ3) is 5.67. The predicted molar refractivity (Wildman–Crippen MR) is 76.1 cm³/mol. The Morgan fingerprint density at radius 1 is 1.22 bits per heavy atom. The lowest BCUT2D eigenvalue weighted by Crippen LogP contribution is -2.43. The molecule has 1 saturated carbocycles. The first-order valence-electron chi connectivity index (χ1n) is 7.15. The molecule has 1 aliphatic rings. The first-order chi connectivity index (χ1) is 8.44. The molecule has 0 aliphatic heterocycles. The summed E-state index contributed by atoms with van der Waals surface area (Å²) in [5, 5.41) is 3.15. The van der Waals surface area contributed by atoms with E-state index < -0.39 is 10.0 Å². The van der Waals surface area contributed by atoms with Gasteiger partial charge in [0.2, 0.25) is 10.0 Å². The van der Waals surface area contributed by atoms with Gasteiger partial charge in [0.15, 0.2) is 0 Å². The van der Waals surface area contributed by atoms with Crippen LogP contribution in [-0.4, -0.2) is 33.3 Å². The molecule has 0 aromatic carbocycles. The van der Waals surface area contributed by atoms with Crippen molar-refractivity contribution in [2.75, 3.05) is 18.8 Å². The molecule has 108 valence electrons. The van der Waals surface area contributed by atoms with Crippen LogP contribution < -0.4 is 10.0 Å². The molecule has 4 nitrogen and oxygen atoms in total. The van der Waals surface area contributed by atoms with Crippen LogP contribution in [-0.2, 0) is 10.0 Å². The van der Waals surface area contributed by atoms with Gasteiger partial charge in [0.25, 0.3) is 0 Å².